The SMILES string of the molecule is O=C(O)c1ccc2c(Cl)nnc(NCc3ccccc3)c2c1. The molecule has 1 aromatic heterocycles. The zero-order chi connectivity index (χ0) is 15.5. The van der Waals surface area contributed by atoms with Crippen LogP contribution in [0.3, 0.4) is 0 Å². The van der Waals surface area contributed by atoms with Crippen molar-refractivity contribution >= 4 is 34.2 Å². The highest BCUT2D eigenvalue weighted by molar-refractivity contribution is 6.34. The number of nitrogens with one attached hydrogen (secondary N) is 1. The highest BCUT2D eigenvalue weighted by atomic mass is 35.5. The first kappa shape index (κ1) is 14.3. The van der Waals surface area contributed by atoms with Gasteiger partial charge in [-0.3, -0.25) is 0 Å². The lowest BCUT2D eigenvalue weighted by molar-refractivity contribution is 0.0697. The molecule has 0 radical (unpaired) electrons. The normalized spacial score (nSPS) is 10.6. The third-order valence-corrected chi connectivity index (χ3v) is 3.56. The maximum Gasteiger partial charge on any atom is 0.335 e. The van der Waals surface area contributed by atoms with E-state index < -0.39 is 5.97 Å². The number of nitrogens with zero attached hydrogens (tertiary/aromatic N) is 2. The van der Waals surface area contributed by atoms with Crippen molar-refractivity contribution in [2.75, 3.05) is 5.32 Å². The highest BCUT2D eigenvalue weighted by Crippen LogP contribution is 2.27. The van der Waals surface area contributed by atoms with Crippen molar-refractivity contribution in [3.63, 3.8) is 0 Å². The molecule has 0 aliphatic heterocycles. The molecule has 0 saturated carbocycles. The van der Waals surface area contributed by atoms with Gasteiger partial charge in [-0.15, -0.1) is 10.2 Å². The quantitative estimate of drug-likeness (QED) is 0.770. The smallest absolute Gasteiger partial charge is 0.335 e. The van der Waals surface area contributed by atoms with Gasteiger partial charge in [0.15, 0.2) is 11.0 Å². The molecule has 0 bridgehead atoms. The van der Waals surface area contributed by atoms with Gasteiger partial charge in [0.25, 0.3) is 0 Å². The Morgan fingerprint density at radius 1 is 1.09 bits per heavy atom. The molecule has 0 atom stereocenters. The molecule has 0 spiro atoms. The largest absolute Gasteiger partial charge is 0.478 e. The molecule has 1 heterocycles. The Morgan fingerprint density at radius 2 is 1.86 bits per heavy atom. The molecule has 0 amide bonds. The summed E-state index contributed by atoms with van der Waals surface area (Å²) >= 11 is 6.03. The number of rotatable bonds is 4. The van der Waals surface area contributed by atoms with Crippen LogP contribution in [0.1, 0.15) is 15.9 Å². The molecule has 110 valence electrons. The van der Waals surface area contributed by atoms with Gasteiger partial charge < -0.3 is 10.4 Å². The molecule has 0 saturated heterocycles. The minimum atomic E-state index is -0.996. The number of anilines is 1. The molecule has 5 nitrogen and oxygen atoms in total. The Kier molecular flexibility index (Phi) is 3.89. The number of hydrogen-bond acceptors (Lipinski definition) is 4. The van der Waals surface area contributed by atoms with Crippen LogP contribution >= 0.6 is 11.6 Å². The summed E-state index contributed by atoms with van der Waals surface area (Å²) in [6.45, 7) is 0.559. The topological polar surface area (TPSA) is 75.1 Å². The fourth-order valence-corrected chi connectivity index (χ4v) is 2.37. The van der Waals surface area contributed by atoms with Crippen molar-refractivity contribution in [2.24, 2.45) is 0 Å². The van der Waals surface area contributed by atoms with Crippen LogP contribution in [0.2, 0.25) is 5.15 Å². The third kappa shape index (κ3) is 2.84. The lowest BCUT2D eigenvalue weighted by atomic mass is 10.1. The summed E-state index contributed by atoms with van der Waals surface area (Å²) in [4.78, 5) is 11.1. The maximum absolute atomic E-state index is 11.1. The summed E-state index contributed by atoms with van der Waals surface area (Å²) in [6.07, 6.45) is 0. The molecular formula is C16H12ClN3O2. The summed E-state index contributed by atoms with van der Waals surface area (Å²) in [5, 5.41) is 21.8. The van der Waals surface area contributed by atoms with E-state index >= 15 is 0 Å². The monoisotopic (exact) mass is 313 g/mol. The zero-order valence-corrected chi connectivity index (χ0v) is 12.2. The fourth-order valence-electron chi connectivity index (χ4n) is 2.17. The standard InChI is InChI=1S/C16H12ClN3O2/c17-14-12-7-6-11(16(21)22)8-13(12)15(20-19-14)18-9-10-4-2-1-3-5-10/h1-8H,9H2,(H,18,20)(H,21,22). The van der Waals surface area contributed by atoms with Crippen LogP contribution in [0.5, 0.6) is 0 Å². The predicted molar refractivity (Wildman–Crippen MR) is 85.3 cm³/mol. The summed E-state index contributed by atoms with van der Waals surface area (Å²) in [5.41, 5.74) is 1.26. The molecule has 2 N–H and O–H groups in total. The number of aromatic nitrogens is 2. The van der Waals surface area contributed by atoms with E-state index in [2.05, 4.69) is 15.5 Å². The van der Waals surface area contributed by atoms with Crippen LogP contribution in [0.25, 0.3) is 10.8 Å². The average Bonchev–Trinajstić information content (AvgIpc) is 2.55. The summed E-state index contributed by atoms with van der Waals surface area (Å²) in [5.74, 6) is -0.491. The van der Waals surface area contributed by atoms with E-state index in [0.29, 0.717) is 23.1 Å². The van der Waals surface area contributed by atoms with Gasteiger partial charge in [0.2, 0.25) is 0 Å². The van der Waals surface area contributed by atoms with Gasteiger partial charge in [-0.25, -0.2) is 4.79 Å². The third-order valence-electron chi connectivity index (χ3n) is 3.28. The second kappa shape index (κ2) is 5.99. The molecule has 3 aromatic rings. The van der Waals surface area contributed by atoms with Gasteiger partial charge in [-0.2, -0.15) is 0 Å². The molecule has 0 aliphatic rings. The van der Waals surface area contributed by atoms with Crippen LogP contribution in [0.15, 0.2) is 48.5 Å². The van der Waals surface area contributed by atoms with Crippen molar-refractivity contribution in [2.45, 2.75) is 6.54 Å². The summed E-state index contributed by atoms with van der Waals surface area (Å²) in [7, 11) is 0. The molecule has 0 fully saturated rings. The first-order valence-electron chi connectivity index (χ1n) is 6.62. The Labute approximate surface area is 131 Å². The Bertz CT molecular complexity index is 837. The number of benzene rings is 2. The molecule has 6 heteroatoms. The molecule has 0 unspecified atom stereocenters. The van der Waals surface area contributed by atoms with E-state index in [1.807, 2.05) is 30.3 Å². The Morgan fingerprint density at radius 3 is 2.59 bits per heavy atom. The summed E-state index contributed by atoms with van der Waals surface area (Å²) in [6, 6.07) is 14.5. The van der Waals surface area contributed by atoms with Crippen LogP contribution in [0.4, 0.5) is 5.82 Å². The van der Waals surface area contributed by atoms with E-state index in [9.17, 15) is 4.79 Å². The molecule has 3 rings (SSSR count). The number of carbonyl (C=O) groups is 1. The molecule has 0 aliphatic carbocycles. The van der Waals surface area contributed by atoms with E-state index in [0.717, 1.165) is 5.56 Å². The number of aromatic carboxylic acids is 1. The Balaban J connectivity index is 1.99. The number of carboxylic acid groups (broad SMARTS) is 1. The van der Waals surface area contributed by atoms with Crippen molar-refractivity contribution in [3.05, 3.63) is 64.8 Å². The van der Waals surface area contributed by atoms with E-state index in [1.165, 1.54) is 6.07 Å². The van der Waals surface area contributed by atoms with Crippen LogP contribution in [-0.4, -0.2) is 21.3 Å². The number of hydrogen-bond donors (Lipinski definition) is 2. The highest BCUT2D eigenvalue weighted by Gasteiger charge is 2.11. The van der Waals surface area contributed by atoms with Gasteiger partial charge in [0, 0.05) is 17.3 Å². The fraction of sp³-hybridized carbons (Fsp3) is 0.0625. The molecule has 2 aromatic carbocycles. The molecular weight excluding hydrogens is 302 g/mol. The predicted octanol–water partition coefficient (Wildman–Crippen LogP) is 3.59. The van der Waals surface area contributed by atoms with Gasteiger partial charge in [0.1, 0.15) is 0 Å². The van der Waals surface area contributed by atoms with E-state index in [4.69, 9.17) is 16.7 Å². The minimum Gasteiger partial charge on any atom is -0.478 e. The Hall–Kier alpha value is -2.66. The van der Waals surface area contributed by atoms with Crippen LogP contribution in [0, 0.1) is 0 Å². The summed E-state index contributed by atoms with van der Waals surface area (Å²) < 4.78 is 0. The van der Waals surface area contributed by atoms with Crippen molar-refractivity contribution in [1.82, 2.24) is 10.2 Å². The average molecular weight is 314 g/mol. The second-order valence-electron chi connectivity index (χ2n) is 4.74. The van der Waals surface area contributed by atoms with Crippen molar-refractivity contribution in [1.29, 1.82) is 0 Å². The van der Waals surface area contributed by atoms with Gasteiger partial charge >= 0.3 is 5.97 Å². The zero-order valence-electron chi connectivity index (χ0n) is 11.5. The molecule has 22 heavy (non-hydrogen) atoms. The number of halogens is 1. The second-order valence-corrected chi connectivity index (χ2v) is 5.10. The van der Waals surface area contributed by atoms with E-state index in [-0.39, 0.29) is 10.7 Å². The maximum atomic E-state index is 11.1. The van der Waals surface area contributed by atoms with Crippen LogP contribution in [-0.2, 0) is 6.54 Å². The first-order chi connectivity index (χ1) is 10.6. The number of fused-ring (bicyclic) bond motifs is 1. The van der Waals surface area contributed by atoms with Gasteiger partial charge in [-0.1, -0.05) is 48.0 Å². The lowest BCUT2D eigenvalue weighted by Gasteiger charge is -2.09. The van der Waals surface area contributed by atoms with Crippen molar-refractivity contribution < 1.29 is 9.90 Å². The minimum absolute atomic E-state index is 0.180. The van der Waals surface area contributed by atoms with Crippen molar-refractivity contribution in [3.8, 4) is 0 Å². The van der Waals surface area contributed by atoms with E-state index in [1.54, 1.807) is 12.1 Å². The number of carboxylic acids is 1. The van der Waals surface area contributed by atoms with Gasteiger partial charge in [0.05, 0.1) is 5.56 Å². The van der Waals surface area contributed by atoms with Crippen LogP contribution < -0.4 is 5.32 Å². The van der Waals surface area contributed by atoms with Gasteiger partial charge in [-0.05, 0) is 17.7 Å². The lowest BCUT2D eigenvalue weighted by Crippen LogP contribution is -2.04. The first-order valence-corrected chi connectivity index (χ1v) is 7.00.